The van der Waals surface area contributed by atoms with Crippen LogP contribution in [0.3, 0.4) is 0 Å². The molecule has 1 aliphatic rings. The smallest absolute Gasteiger partial charge is 0.289 e. The Kier molecular flexibility index (Phi) is 2.89. The number of hydrogen-bond donors (Lipinski definition) is 2. The molecule has 3 nitrogen and oxygen atoms in total. The van der Waals surface area contributed by atoms with Gasteiger partial charge in [-0.15, -0.1) is 0 Å². The van der Waals surface area contributed by atoms with Crippen molar-refractivity contribution in [2.24, 2.45) is 5.73 Å². The van der Waals surface area contributed by atoms with Crippen molar-refractivity contribution in [2.45, 2.75) is 24.4 Å². The summed E-state index contributed by atoms with van der Waals surface area (Å²) < 4.78 is 26.4. The number of rotatable bonds is 2. The summed E-state index contributed by atoms with van der Waals surface area (Å²) in [6.45, 7) is -0.0441. The standard InChI is InChI=1S/C8H16F2N2O/c1-12-4-2-3-7(13,6-12)8(9,10)5-11/h13H,2-6,11H2,1H3. The van der Waals surface area contributed by atoms with E-state index >= 15 is 0 Å². The topological polar surface area (TPSA) is 49.5 Å². The van der Waals surface area contributed by atoms with Gasteiger partial charge in [0.1, 0.15) is 5.60 Å². The number of alkyl halides is 2. The third kappa shape index (κ3) is 1.98. The maximum atomic E-state index is 13.2. The molecule has 1 saturated heterocycles. The van der Waals surface area contributed by atoms with E-state index in [4.69, 9.17) is 5.73 Å². The van der Waals surface area contributed by atoms with Crippen LogP contribution in [-0.4, -0.2) is 48.2 Å². The molecule has 1 rings (SSSR count). The third-order valence-electron chi connectivity index (χ3n) is 2.60. The fourth-order valence-corrected chi connectivity index (χ4v) is 1.73. The molecule has 0 aromatic heterocycles. The lowest BCUT2D eigenvalue weighted by Crippen LogP contribution is -2.60. The molecule has 0 radical (unpaired) electrons. The van der Waals surface area contributed by atoms with Gasteiger partial charge in [-0.05, 0) is 26.4 Å². The summed E-state index contributed by atoms with van der Waals surface area (Å²) in [6.07, 6.45) is 0.712. The van der Waals surface area contributed by atoms with Gasteiger partial charge in [-0.25, -0.2) is 8.78 Å². The second-order valence-electron chi connectivity index (χ2n) is 3.78. The fourth-order valence-electron chi connectivity index (χ4n) is 1.73. The predicted molar refractivity (Wildman–Crippen MR) is 45.7 cm³/mol. The number of β-amino-alcohol motifs (C(OH)–C–C–N with tert-alkyl or cyclic N) is 1. The van der Waals surface area contributed by atoms with Crippen molar-refractivity contribution in [3.8, 4) is 0 Å². The Morgan fingerprint density at radius 1 is 1.62 bits per heavy atom. The first kappa shape index (κ1) is 10.8. The number of likely N-dealkylation sites (tertiary alicyclic amines) is 1. The molecule has 1 aliphatic heterocycles. The van der Waals surface area contributed by atoms with E-state index in [9.17, 15) is 13.9 Å². The van der Waals surface area contributed by atoms with Gasteiger partial charge < -0.3 is 15.7 Å². The van der Waals surface area contributed by atoms with E-state index in [1.165, 1.54) is 0 Å². The van der Waals surface area contributed by atoms with Crippen molar-refractivity contribution in [1.82, 2.24) is 4.90 Å². The van der Waals surface area contributed by atoms with Gasteiger partial charge in [0.05, 0.1) is 6.54 Å². The molecule has 0 aliphatic carbocycles. The molecule has 1 atom stereocenters. The number of aliphatic hydroxyl groups is 1. The molecular weight excluding hydrogens is 178 g/mol. The van der Waals surface area contributed by atoms with Crippen molar-refractivity contribution in [3.05, 3.63) is 0 Å². The Bertz CT molecular complexity index is 189. The average molecular weight is 194 g/mol. The molecule has 0 spiro atoms. The maximum absolute atomic E-state index is 13.2. The van der Waals surface area contributed by atoms with Crippen LogP contribution >= 0.6 is 0 Å². The van der Waals surface area contributed by atoms with E-state index < -0.39 is 18.1 Å². The molecule has 0 amide bonds. The van der Waals surface area contributed by atoms with E-state index in [1.54, 1.807) is 11.9 Å². The minimum absolute atomic E-state index is 0.00278. The molecule has 0 aromatic carbocycles. The zero-order valence-electron chi connectivity index (χ0n) is 7.76. The number of piperidine rings is 1. The molecule has 1 unspecified atom stereocenters. The quantitative estimate of drug-likeness (QED) is 0.652. The molecule has 78 valence electrons. The zero-order valence-corrected chi connectivity index (χ0v) is 7.76. The van der Waals surface area contributed by atoms with E-state index in [0.29, 0.717) is 6.42 Å². The SMILES string of the molecule is CN1CCCC(O)(C(F)(F)CN)C1. The minimum atomic E-state index is -3.18. The van der Waals surface area contributed by atoms with Crippen LogP contribution < -0.4 is 5.73 Å². The Balaban J connectivity index is 2.74. The van der Waals surface area contributed by atoms with Crippen LogP contribution in [0.2, 0.25) is 0 Å². The molecule has 1 fully saturated rings. The van der Waals surface area contributed by atoms with Crippen LogP contribution in [0, 0.1) is 0 Å². The molecule has 5 heteroatoms. The summed E-state index contributed by atoms with van der Waals surface area (Å²) in [7, 11) is 1.72. The Morgan fingerprint density at radius 2 is 2.23 bits per heavy atom. The molecular formula is C8H16F2N2O. The highest BCUT2D eigenvalue weighted by Crippen LogP contribution is 2.34. The minimum Gasteiger partial charge on any atom is -0.382 e. The largest absolute Gasteiger partial charge is 0.382 e. The van der Waals surface area contributed by atoms with Gasteiger partial charge in [0.2, 0.25) is 0 Å². The van der Waals surface area contributed by atoms with E-state index in [2.05, 4.69) is 0 Å². The molecule has 0 aromatic rings. The summed E-state index contributed by atoms with van der Waals surface area (Å²) >= 11 is 0. The van der Waals surface area contributed by atoms with Crippen molar-refractivity contribution in [2.75, 3.05) is 26.7 Å². The lowest BCUT2D eigenvalue weighted by atomic mass is 9.87. The summed E-state index contributed by atoms with van der Waals surface area (Å²) in [5.74, 6) is -3.18. The van der Waals surface area contributed by atoms with Gasteiger partial charge in [0, 0.05) is 6.54 Å². The third-order valence-corrected chi connectivity index (χ3v) is 2.60. The summed E-state index contributed by atoms with van der Waals surface area (Å²) in [5.41, 5.74) is 3.00. The number of likely N-dealkylation sites (N-methyl/N-ethyl adjacent to an activating group) is 1. The first-order valence-electron chi connectivity index (χ1n) is 4.40. The van der Waals surface area contributed by atoms with Crippen molar-refractivity contribution < 1.29 is 13.9 Å². The Hall–Kier alpha value is -0.260. The Labute approximate surface area is 76.5 Å². The molecule has 3 N–H and O–H groups in total. The molecule has 0 saturated carbocycles. The van der Waals surface area contributed by atoms with Crippen LogP contribution in [0.25, 0.3) is 0 Å². The average Bonchev–Trinajstić information content (AvgIpc) is 2.03. The summed E-state index contributed by atoms with van der Waals surface area (Å²) in [6, 6.07) is 0. The van der Waals surface area contributed by atoms with Crippen molar-refractivity contribution in [3.63, 3.8) is 0 Å². The van der Waals surface area contributed by atoms with Gasteiger partial charge in [-0.1, -0.05) is 0 Å². The summed E-state index contributed by atoms with van der Waals surface area (Å²) in [4.78, 5) is 1.70. The molecule has 1 heterocycles. The number of hydrogen-bond acceptors (Lipinski definition) is 3. The van der Waals surface area contributed by atoms with E-state index in [1.807, 2.05) is 0 Å². The monoisotopic (exact) mass is 194 g/mol. The van der Waals surface area contributed by atoms with Crippen LogP contribution in [0.15, 0.2) is 0 Å². The van der Waals surface area contributed by atoms with Crippen LogP contribution in [0.4, 0.5) is 8.78 Å². The highest BCUT2D eigenvalue weighted by atomic mass is 19.3. The highest BCUT2D eigenvalue weighted by Gasteiger charge is 2.52. The number of nitrogens with zero attached hydrogens (tertiary/aromatic N) is 1. The van der Waals surface area contributed by atoms with Crippen LogP contribution in [0.5, 0.6) is 0 Å². The second-order valence-corrected chi connectivity index (χ2v) is 3.78. The van der Waals surface area contributed by atoms with E-state index in [-0.39, 0.29) is 13.0 Å². The van der Waals surface area contributed by atoms with Crippen molar-refractivity contribution in [1.29, 1.82) is 0 Å². The first-order chi connectivity index (χ1) is 5.91. The van der Waals surface area contributed by atoms with E-state index in [0.717, 1.165) is 6.54 Å². The second kappa shape index (κ2) is 3.48. The molecule has 13 heavy (non-hydrogen) atoms. The van der Waals surface area contributed by atoms with Gasteiger partial charge in [-0.2, -0.15) is 0 Å². The predicted octanol–water partition coefficient (Wildman–Crippen LogP) is 0.0371. The maximum Gasteiger partial charge on any atom is 0.289 e. The van der Waals surface area contributed by atoms with Crippen LogP contribution in [0.1, 0.15) is 12.8 Å². The fraction of sp³-hybridized carbons (Fsp3) is 1.00. The van der Waals surface area contributed by atoms with Gasteiger partial charge >= 0.3 is 0 Å². The van der Waals surface area contributed by atoms with Gasteiger partial charge in [0.25, 0.3) is 5.92 Å². The van der Waals surface area contributed by atoms with Crippen molar-refractivity contribution >= 4 is 0 Å². The number of nitrogens with two attached hydrogens (primary N) is 1. The first-order valence-corrected chi connectivity index (χ1v) is 4.40. The van der Waals surface area contributed by atoms with Gasteiger partial charge in [0.15, 0.2) is 0 Å². The lowest BCUT2D eigenvalue weighted by molar-refractivity contribution is -0.195. The zero-order chi connectivity index (χ0) is 10.1. The normalized spacial score (nSPS) is 32.1. The number of halogens is 2. The van der Waals surface area contributed by atoms with Gasteiger partial charge in [-0.3, -0.25) is 0 Å². The molecule has 0 bridgehead atoms. The Morgan fingerprint density at radius 3 is 2.69 bits per heavy atom. The lowest BCUT2D eigenvalue weighted by Gasteiger charge is -2.41. The highest BCUT2D eigenvalue weighted by molar-refractivity contribution is 4.98. The van der Waals surface area contributed by atoms with Crippen LogP contribution in [-0.2, 0) is 0 Å². The summed E-state index contributed by atoms with van der Waals surface area (Å²) in [5, 5.41) is 9.70.